The van der Waals surface area contributed by atoms with E-state index in [1.165, 1.54) is 15.9 Å². The Balaban J connectivity index is 2.00. The van der Waals surface area contributed by atoms with Crippen LogP contribution in [0.3, 0.4) is 0 Å². The SMILES string of the molecule is O=c1c2c(-c3cccs3)csc2nc2c3ccccc3c(Cl)nn12. The minimum Gasteiger partial charge on any atom is -0.267 e. The molecule has 1 aromatic carbocycles. The third-order valence-electron chi connectivity index (χ3n) is 3.95. The van der Waals surface area contributed by atoms with Gasteiger partial charge in [-0.05, 0) is 11.4 Å². The van der Waals surface area contributed by atoms with Crippen LogP contribution in [0, 0.1) is 0 Å². The second-order valence-corrected chi connectivity index (χ2v) is 7.46. The van der Waals surface area contributed by atoms with Gasteiger partial charge in [-0.3, -0.25) is 4.79 Å². The quantitative estimate of drug-likeness (QED) is 0.397. The summed E-state index contributed by atoms with van der Waals surface area (Å²) in [5.74, 6) is 0. The van der Waals surface area contributed by atoms with E-state index in [1.807, 2.05) is 47.2 Å². The van der Waals surface area contributed by atoms with Gasteiger partial charge in [0.2, 0.25) is 0 Å². The van der Waals surface area contributed by atoms with Gasteiger partial charge in [-0.1, -0.05) is 41.9 Å². The summed E-state index contributed by atoms with van der Waals surface area (Å²) in [5.41, 5.74) is 1.25. The number of hydrogen-bond acceptors (Lipinski definition) is 5. The molecule has 0 saturated heterocycles. The van der Waals surface area contributed by atoms with Crippen LogP contribution < -0.4 is 5.56 Å². The lowest BCUT2D eigenvalue weighted by molar-refractivity contribution is 0.894. The van der Waals surface area contributed by atoms with E-state index < -0.39 is 0 Å². The molecule has 0 spiro atoms. The Labute approximate surface area is 148 Å². The third kappa shape index (κ3) is 1.87. The topological polar surface area (TPSA) is 47.3 Å². The number of benzene rings is 1. The molecule has 0 aliphatic heterocycles. The van der Waals surface area contributed by atoms with Gasteiger partial charge in [0.25, 0.3) is 5.56 Å². The molecule has 5 rings (SSSR count). The first-order valence-electron chi connectivity index (χ1n) is 7.16. The summed E-state index contributed by atoms with van der Waals surface area (Å²) in [4.78, 5) is 19.5. The lowest BCUT2D eigenvalue weighted by atomic mass is 10.2. The fourth-order valence-corrected chi connectivity index (χ4v) is 4.85. The molecular formula is C17H8ClN3OS2. The Morgan fingerprint density at radius 2 is 1.88 bits per heavy atom. The maximum Gasteiger partial charge on any atom is 0.283 e. The Morgan fingerprint density at radius 1 is 1.04 bits per heavy atom. The fourth-order valence-electron chi connectivity index (χ4n) is 2.86. The summed E-state index contributed by atoms with van der Waals surface area (Å²) in [7, 11) is 0. The van der Waals surface area contributed by atoms with Crippen LogP contribution >= 0.6 is 34.3 Å². The van der Waals surface area contributed by atoms with Crippen molar-refractivity contribution in [2.24, 2.45) is 0 Å². The molecule has 0 atom stereocenters. The summed E-state index contributed by atoms with van der Waals surface area (Å²) in [6, 6.07) is 11.6. The highest BCUT2D eigenvalue weighted by Gasteiger charge is 2.17. The molecule has 7 heteroatoms. The van der Waals surface area contributed by atoms with Crippen molar-refractivity contribution in [1.29, 1.82) is 0 Å². The summed E-state index contributed by atoms with van der Waals surface area (Å²) >= 11 is 9.35. The number of fused-ring (bicyclic) bond motifs is 4. The zero-order valence-electron chi connectivity index (χ0n) is 12.1. The maximum atomic E-state index is 13.1. The molecule has 4 aromatic heterocycles. The highest BCUT2D eigenvalue weighted by atomic mass is 35.5. The summed E-state index contributed by atoms with van der Waals surface area (Å²) in [6.07, 6.45) is 0. The van der Waals surface area contributed by atoms with Crippen molar-refractivity contribution in [1.82, 2.24) is 14.6 Å². The number of thiophene rings is 2. The highest BCUT2D eigenvalue weighted by molar-refractivity contribution is 7.18. The molecule has 4 heterocycles. The predicted molar refractivity (Wildman–Crippen MR) is 100 cm³/mol. The summed E-state index contributed by atoms with van der Waals surface area (Å²) in [6.45, 7) is 0. The standard InChI is InChI=1S/C17H8ClN3OS2/c18-14-9-4-1-2-5-10(9)15-19-16-13(17(22)21(15)20-14)11(8-24-16)12-6-3-7-23-12/h1-8H. The van der Waals surface area contributed by atoms with E-state index in [2.05, 4.69) is 5.10 Å². The van der Waals surface area contributed by atoms with Gasteiger partial charge in [-0.2, -0.15) is 9.61 Å². The van der Waals surface area contributed by atoms with Crippen LogP contribution in [-0.2, 0) is 0 Å². The molecule has 0 saturated carbocycles. The van der Waals surface area contributed by atoms with Crippen molar-refractivity contribution in [3.05, 3.63) is 62.7 Å². The van der Waals surface area contributed by atoms with Crippen LogP contribution in [0.1, 0.15) is 0 Å². The van der Waals surface area contributed by atoms with Gasteiger partial charge in [-0.15, -0.1) is 22.7 Å². The maximum absolute atomic E-state index is 13.1. The van der Waals surface area contributed by atoms with Crippen LogP contribution in [0.5, 0.6) is 0 Å². The predicted octanol–water partition coefficient (Wildman–Crippen LogP) is 4.84. The van der Waals surface area contributed by atoms with Gasteiger partial charge >= 0.3 is 0 Å². The van der Waals surface area contributed by atoms with Gasteiger partial charge in [0.05, 0.1) is 5.39 Å². The van der Waals surface area contributed by atoms with E-state index in [9.17, 15) is 4.79 Å². The second kappa shape index (κ2) is 5.11. The molecule has 0 fully saturated rings. The lowest BCUT2D eigenvalue weighted by Gasteiger charge is -2.06. The van der Waals surface area contributed by atoms with Crippen LogP contribution in [0.4, 0.5) is 0 Å². The molecule has 24 heavy (non-hydrogen) atoms. The van der Waals surface area contributed by atoms with Crippen LogP contribution in [-0.4, -0.2) is 14.6 Å². The zero-order chi connectivity index (χ0) is 16.3. The smallest absolute Gasteiger partial charge is 0.267 e. The number of nitrogens with zero attached hydrogens (tertiary/aromatic N) is 3. The van der Waals surface area contributed by atoms with E-state index >= 15 is 0 Å². The van der Waals surface area contributed by atoms with Crippen LogP contribution in [0.2, 0.25) is 5.15 Å². The van der Waals surface area contributed by atoms with Crippen molar-refractivity contribution in [2.45, 2.75) is 0 Å². The largest absolute Gasteiger partial charge is 0.283 e. The van der Waals surface area contributed by atoms with E-state index in [0.29, 0.717) is 16.2 Å². The van der Waals surface area contributed by atoms with Crippen LogP contribution in [0.25, 0.3) is 37.1 Å². The normalized spacial score (nSPS) is 11.7. The molecular weight excluding hydrogens is 362 g/mol. The first kappa shape index (κ1) is 14.1. The molecule has 0 bridgehead atoms. The lowest BCUT2D eigenvalue weighted by Crippen LogP contribution is -2.18. The van der Waals surface area contributed by atoms with Gasteiger partial charge < -0.3 is 0 Å². The van der Waals surface area contributed by atoms with E-state index in [1.54, 1.807) is 11.3 Å². The molecule has 0 aliphatic rings. The van der Waals surface area contributed by atoms with Crippen molar-refractivity contribution in [3.63, 3.8) is 0 Å². The number of halogens is 1. The Bertz CT molecular complexity index is 1290. The molecule has 0 amide bonds. The summed E-state index contributed by atoms with van der Waals surface area (Å²) < 4.78 is 1.32. The van der Waals surface area contributed by atoms with E-state index in [4.69, 9.17) is 16.6 Å². The van der Waals surface area contributed by atoms with Gasteiger partial charge in [0.15, 0.2) is 10.8 Å². The molecule has 5 aromatic rings. The van der Waals surface area contributed by atoms with Crippen molar-refractivity contribution in [2.75, 3.05) is 0 Å². The summed E-state index contributed by atoms with van der Waals surface area (Å²) in [5, 5.41) is 10.8. The van der Waals surface area contributed by atoms with E-state index in [-0.39, 0.29) is 5.56 Å². The molecule has 0 radical (unpaired) electrons. The Kier molecular flexibility index (Phi) is 3.00. The second-order valence-electron chi connectivity index (χ2n) is 5.30. The fraction of sp³-hybridized carbons (Fsp3) is 0. The molecule has 0 N–H and O–H groups in total. The highest BCUT2D eigenvalue weighted by Crippen LogP contribution is 2.34. The van der Waals surface area contributed by atoms with Crippen molar-refractivity contribution < 1.29 is 0 Å². The Morgan fingerprint density at radius 3 is 2.67 bits per heavy atom. The average Bonchev–Trinajstić information content (AvgIpc) is 3.25. The van der Waals surface area contributed by atoms with Crippen molar-refractivity contribution in [3.8, 4) is 10.4 Å². The van der Waals surface area contributed by atoms with Gasteiger partial charge in [-0.25, -0.2) is 4.98 Å². The number of aromatic nitrogens is 3. The van der Waals surface area contributed by atoms with Gasteiger partial charge in [0, 0.05) is 26.6 Å². The average molecular weight is 370 g/mol. The molecule has 0 unspecified atom stereocenters. The number of hydrogen-bond donors (Lipinski definition) is 0. The van der Waals surface area contributed by atoms with Gasteiger partial charge in [0.1, 0.15) is 4.83 Å². The minimum absolute atomic E-state index is 0.188. The molecule has 4 nitrogen and oxygen atoms in total. The third-order valence-corrected chi connectivity index (χ3v) is 6.01. The monoisotopic (exact) mass is 369 g/mol. The molecule has 0 aliphatic carbocycles. The van der Waals surface area contributed by atoms with Crippen LogP contribution in [0.15, 0.2) is 52.0 Å². The first-order chi connectivity index (χ1) is 11.7. The first-order valence-corrected chi connectivity index (χ1v) is 9.30. The number of rotatable bonds is 1. The minimum atomic E-state index is -0.188. The molecule has 116 valence electrons. The zero-order valence-corrected chi connectivity index (χ0v) is 14.5. The Hall–Kier alpha value is -2.28. The van der Waals surface area contributed by atoms with E-state index in [0.717, 1.165) is 26.0 Å². The van der Waals surface area contributed by atoms with Crippen molar-refractivity contribution >= 4 is 60.9 Å².